The molecule has 0 aliphatic rings. The van der Waals surface area contributed by atoms with Crippen LogP contribution in [0, 0.1) is 0 Å². The summed E-state index contributed by atoms with van der Waals surface area (Å²) in [6.45, 7) is 0. The lowest BCUT2D eigenvalue weighted by molar-refractivity contribution is -0.136. The van der Waals surface area contributed by atoms with Gasteiger partial charge in [-0.2, -0.15) is 0 Å². The molecule has 1 aromatic heterocycles. The summed E-state index contributed by atoms with van der Waals surface area (Å²) in [5.74, 6) is -1.28. The normalized spacial score (nSPS) is 10.2. The average Bonchev–Trinajstić information content (AvgIpc) is 2.84. The van der Waals surface area contributed by atoms with Crippen molar-refractivity contribution in [1.29, 1.82) is 0 Å². The number of hydrogen-bond donors (Lipinski definition) is 2. The lowest BCUT2D eigenvalue weighted by atomic mass is 10.1. The highest BCUT2D eigenvalue weighted by atomic mass is 35.5. The first kappa shape index (κ1) is 14.1. The Morgan fingerprint density at radius 3 is 2.65 bits per heavy atom. The van der Waals surface area contributed by atoms with Crippen molar-refractivity contribution in [3.8, 4) is 0 Å². The minimum atomic E-state index is -0.885. The van der Waals surface area contributed by atoms with Crippen molar-refractivity contribution in [3.63, 3.8) is 0 Å². The van der Waals surface area contributed by atoms with Crippen LogP contribution in [-0.4, -0.2) is 17.0 Å². The topological polar surface area (TPSA) is 79.5 Å². The first-order chi connectivity index (χ1) is 9.58. The zero-order chi connectivity index (χ0) is 14.5. The number of carbonyl (C=O) groups excluding carboxylic acids is 1. The molecule has 0 atom stereocenters. The van der Waals surface area contributed by atoms with Gasteiger partial charge in [-0.3, -0.25) is 9.59 Å². The monoisotopic (exact) mass is 293 g/mol. The van der Waals surface area contributed by atoms with Crippen LogP contribution in [0.15, 0.2) is 41.0 Å². The van der Waals surface area contributed by atoms with Gasteiger partial charge in [0.15, 0.2) is 0 Å². The molecule has 0 aliphatic carbocycles. The first-order valence-corrected chi connectivity index (χ1v) is 6.30. The fourth-order valence-electron chi connectivity index (χ4n) is 1.75. The summed E-state index contributed by atoms with van der Waals surface area (Å²) >= 11 is 5.74. The molecule has 1 amide bonds. The Kier molecular flexibility index (Phi) is 4.42. The number of furan rings is 1. The van der Waals surface area contributed by atoms with Crippen LogP contribution in [0.2, 0.25) is 5.22 Å². The second kappa shape index (κ2) is 6.25. The van der Waals surface area contributed by atoms with Gasteiger partial charge in [-0.15, -0.1) is 0 Å². The maximum atomic E-state index is 12.0. The summed E-state index contributed by atoms with van der Waals surface area (Å²) < 4.78 is 4.86. The third-order valence-electron chi connectivity index (χ3n) is 2.74. The number of carbonyl (C=O) groups is 2. The van der Waals surface area contributed by atoms with E-state index in [4.69, 9.17) is 21.1 Å². The molecule has 0 radical (unpaired) electrons. The van der Waals surface area contributed by atoms with Crippen LogP contribution in [0.25, 0.3) is 0 Å². The fourth-order valence-corrected chi connectivity index (χ4v) is 1.95. The Morgan fingerprint density at radius 2 is 2.00 bits per heavy atom. The van der Waals surface area contributed by atoms with Crippen molar-refractivity contribution < 1.29 is 19.1 Å². The summed E-state index contributed by atoms with van der Waals surface area (Å²) in [6.07, 6.45) is 1.66. The predicted molar refractivity (Wildman–Crippen MR) is 74.1 cm³/mol. The summed E-state index contributed by atoms with van der Waals surface area (Å²) in [7, 11) is 0. The number of carboxylic acid groups (broad SMARTS) is 1. The maximum Gasteiger partial charge on any atom is 0.303 e. The fraction of sp³-hybridized carbons (Fsp3) is 0.143. The van der Waals surface area contributed by atoms with E-state index in [0.717, 1.165) is 5.56 Å². The molecule has 2 aromatic rings. The molecule has 20 heavy (non-hydrogen) atoms. The SMILES string of the molecule is O=C(O)CCc1ccccc1NC(=O)c1ccoc1Cl. The Balaban J connectivity index is 2.15. The van der Waals surface area contributed by atoms with Crippen LogP contribution in [-0.2, 0) is 11.2 Å². The smallest absolute Gasteiger partial charge is 0.303 e. The number of para-hydroxylation sites is 1. The van der Waals surface area contributed by atoms with Crippen LogP contribution >= 0.6 is 11.6 Å². The van der Waals surface area contributed by atoms with E-state index in [1.807, 2.05) is 0 Å². The number of rotatable bonds is 5. The molecule has 2 rings (SSSR count). The Labute approximate surface area is 120 Å². The van der Waals surface area contributed by atoms with Gasteiger partial charge in [0.25, 0.3) is 5.91 Å². The lowest BCUT2D eigenvalue weighted by Crippen LogP contribution is -2.13. The van der Waals surface area contributed by atoms with Crippen molar-refractivity contribution >= 4 is 29.2 Å². The van der Waals surface area contributed by atoms with E-state index in [1.165, 1.54) is 12.3 Å². The van der Waals surface area contributed by atoms with Crippen molar-refractivity contribution in [1.82, 2.24) is 0 Å². The minimum Gasteiger partial charge on any atom is -0.481 e. The molecule has 0 saturated heterocycles. The Bertz CT molecular complexity index is 636. The number of aliphatic carboxylic acids is 1. The van der Waals surface area contributed by atoms with E-state index in [1.54, 1.807) is 24.3 Å². The van der Waals surface area contributed by atoms with E-state index in [2.05, 4.69) is 5.32 Å². The van der Waals surface area contributed by atoms with Crippen LogP contribution < -0.4 is 5.32 Å². The average molecular weight is 294 g/mol. The zero-order valence-electron chi connectivity index (χ0n) is 10.4. The van der Waals surface area contributed by atoms with Crippen molar-refractivity contribution in [2.75, 3.05) is 5.32 Å². The van der Waals surface area contributed by atoms with Crippen molar-refractivity contribution in [3.05, 3.63) is 52.9 Å². The highest BCUT2D eigenvalue weighted by Gasteiger charge is 2.14. The molecule has 0 bridgehead atoms. The molecule has 1 heterocycles. The van der Waals surface area contributed by atoms with Gasteiger partial charge in [0.2, 0.25) is 5.22 Å². The van der Waals surface area contributed by atoms with Crippen LogP contribution in [0.1, 0.15) is 22.3 Å². The maximum absolute atomic E-state index is 12.0. The molecule has 0 aliphatic heterocycles. The number of benzene rings is 1. The van der Waals surface area contributed by atoms with Crippen molar-refractivity contribution in [2.45, 2.75) is 12.8 Å². The van der Waals surface area contributed by atoms with E-state index < -0.39 is 11.9 Å². The zero-order valence-corrected chi connectivity index (χ0v) is 11.2. The quantitative estimate of drug-likeness (QED) is 0.887. The number of halogens is 1. The highest BCUT2D eigenvalue weighted by molar-refractivity contribution is 6.32. The van der Waals surface area contributed by atoms with Crippen LogP contribution in [0.4, 0.5) is 5.69 Å². The van der Waals surface area contributed by atoms with E-state index in [-0.39, 0.29) is 17.2 Å². The first-order valence-electron chi connectivity index (χ1n) is 5.92. The highest BCUT2D eigenvalue weighted by Crippen LogP contribution is 2.21. The van der Waals surface area contributed by atoms with Gasteiger partial charge in [0.05, 0.1) is 11.8 Å². The number of anilines is 1. The molecule has 0 fully saturated rings. The standard InChI is InChI=1S/C14H12ClNO4/c15-13-10(7-8-20-13)14(19)16-11-4-2-1-3-9(11)5-6-12(17)18/h1-4,7-8H,5-6H2,(H,16,19)(H,17,18). The third kappa shape index (κ3) is 3.39. The van der Waals surface area contributed by atoms with Crippen molar-refractivity contribution in [2.24, 2.45) is 0 Å². The lowest BCUT2D eigenvalue weighted by Gasteiger charge is -2.09. The summed E-state index contributed by atoms with van der Waals surface area (Å²) in [5.41, 5.74) is 1.55. The van der Waals surface area contributed by atoms with Gasteiger partial charge in [-0.1, -0.05) is 18.2 Å². The summed E-state index contributed by atoms with van der Waals surface area (Å²) in [4.78, 5) is 22.6. The number of nitrogens with one attached hydrogen (secondary N) is 1. The molecule has 6 heteroatoms. The minimum absolute atomic E-state index is 0.000645. The van der Waals surface area contributed by atoms with E-state index in [0.29, 0.717) is 12.1 Å². The van der Waals surface area contributed by atoms with Gasteiger partial charge >= 0.3 is 5.97 Å². The van der Waals surface area contributed by atoms with E-state index >= 15 is 0 Å². The number of aryl methyl sites for hydroxylation is 1. The third-order valence-corrected chi connectivity index (χ3v) is 3.03. The van der Waals surface area contributed by atoms with Crippen LogP contribution in [0.5, 0.6) is 0 Å². The van der Waals surface area contributed by atoms with Gasteiger partial charge in [0, 0.05) is 12.1 Å². The Hall–Kier alpha value is -2.27. The molecule has 0 spiro atoms. The molecule has 0 saturated carbocycles. The molecular weight excluding hydrogens is 282 g/mol. The second-order valence-corrected chi connectivity index (χ2v) is 4.46. The second-order valence-electron chi connectivity index (χ2n) is 4.11. The Morgan fingerprint density at radius 1 is 1.25 bits per heavy atom. The summed E-state index contributed by atoms with van der Waals surface area (Å²) in [6, 6.07) is 8.50. The van der Waals surface area contributed by atoms with Gasteiger partial charge in [0.1, 0.15) is 0 Å². The largest absolute Gasteiger partial charge is 0.481 e. The molecule has 5 nitrogen and oxygen atoms in total. The van der Waals surface area contributed by atoms with Crippen LogP contribution in [0.3, 0.4) is 0 Å². The molecule has 2 N–H and O–H groups in total. The molecular formula is C14H12ClNO4. The number of carboxylic acids is 1. The van der Waals surface area contributed by atoms with Gasteiger partial charge in [-0.05, 0) is 35.7 Å². The summed E-state index contributed by atoms with van der Waals surface area (Å²) in [5, 5.41) is 11.4. The predicted octanol–water partition coefficient (Wildman–Crippen LogP) is 3.20. The number of amides is 1. The van der Waals surface area contributed by atoms with E-state index in [9.17, 15) is 9.59 Å². The number of hydrogen-bond acceptors (Lipinski definition) is 3. The molecule has 104 valence electrons. The van der Waals surface area contributed by atoms with Gasteiger partial charge < -0.3 is 14.8 Å². The van der Waals surface area contributed by atoms with Gasteiger partial charge in [-0.25, -0.2) is 0 Å². The molecule has 0 unspecified atom stereocenters. The molecule has 1 aromatic carbocycles.